The van der Waals surface area contributed by atoms with E-state index in [-0.39, 0.29) is 0 Å². The summed E-state index contributed by atoms with van der Waals surface area (Å²) in [6.07, 6.45) is 2.07. The maximum atomic E-state index is 10.2. The first-order chi connectivity index (χ1) is 10.6. The number of fused-ring (bicyclic) bond motifs is 1. The standard InChI is InChI=1S/C18H20N2O2/c1-12-5-4-10-20-17(13(2)21)16(19-18(12)20)11-14-6-8-15(22-3)9-7-14/h4-10,13,21H,11H2,1-3H3. The molecule has 0 saturated heterocycles. The summed E-state index contributed by atoms with van der Waals surface area (Å²) in [5.74, 6) is 0.838. The number of aromatic nitrogens is 2. The molecule has 1 atom stereocenters. The van der Waals surface area contributed by atoms with E-state index in [4.69, 9.17) is 9.72 Å². The Morgan fingerprint density at radius 2 is 1.95 bits per heavy atom. The Kier molecular flexibility index (Phi) is 3.86. The molecule has 0 amide bonds. The van der Waals surface area contributed by atoms with Crippen LogP contribution in [-0.2, 0) is 6.42 Å². The molecule has 0 aliphatic carbocycles. The molecule has 0 radical (unpaired) electrons. The van der Waals surface area contributed by atoms with Gasteiger partial charge in [-0.05, 0) is 43.2 Å². The largest absolute Gasteiger partial charge is 0.497 e. The predicted octanol–water partition coefficient (Wildman–Crippen LogP) is 3.30. The van der Waals surface area contributed by atoms with E-state index < -0.39 is 6.10 Å². The number of methoxy groups -OCH3 is 1. The number of aliphatic hydroxyl groups is 1. The summed E-state index contributed by atoms with van der Waals surface area (Å²) in [4.78, 5) is 4.74. The third-order valence-corrected chi connectivity index (χ3v) is 3.88. The van der Waals surface area contributed by atoms with Crippen LogP contribution in [-0.4, -0.2) is 21.6 Å². The average molecular weight is 296 g/mol. The van der Waals surface area contributed by atoms with Gasteiger partial charge < -0.3 is 14.2 Å². The van der Waals surface area contributed by atoms with Gasteiger partial charge in [0.05, 0.1) is 24.6 Å². The third-order valence-electron chi connectivity index (χ3n) is 3.88. The Labute approximate surface area is 130 Å². The molecule has 1 aromatic carbocycles. The van der Waals surface area contributed by atoms with Crippen LogP contribution in [0.25, 0.3) is 5.65 Å². The van der Waals surface area contributed by atoms with E-state index in [9.17, 15) is 5.11 Å². The van der Waals surface area contributed by atoms with Gasteiger partial charge in [0.15, 0.2) is 0 Å². The van der Waals surface area contributed by atoms with Gasteiger partial charge in [-0.3, -0.25) is 0 Å². The SMILES string of the molecule is COc1ccc(Cc2nc3c(C)cccn3c2C(C)O)cc1. The molecule has 0 fully saturated rings. The van der Waals surface area contributed by atoms with Gasteiger partial charge in [0.25, 0.3) is 0 Å². The minimum atomic E-state index is -0.565. The highest BCUT2D eigenvalue weighted by molar-refractivity contribution is 5.51. The van der Waals surface area contributed by atoms with Crippen LogP contribution in [0.3, 0.4) is 0 Å². The van der Waals surface area contributed by atoms with Crippen LogP contribution in [0.2, 0.25) is 0 Å². The molecule has 4 heteroatoms. The minimum absolute atomic E-state index is 0.565. The summed E-state index contributed by atoms with van der Waals surface area (Å²) in [5, 5.41) is 10.2. The van der Waals surface area contributed by atoms with Gasteiger partial charge in [-0.1, -0.05) is 18.2 Å². The van der Waals surface area contributed by atoms with Crippen molar-refractivity contribution in [2.45, 2.75) is 26.4 Å². The van der Waals surface area contributed by atoms with E-state index in [1.165, 1.54) is 0 Å². The van der Waals surface area contributed by atoms with E-state index in [1.807, 2.05) is 53.9 Å². The molecule has 1 unspecified atom stereocenters. The zero-order valence-electron chi connectivity index (χ0n) is 13.1. The molecule has 3 rings (SSSR count). The Hall–Kier alpha value is -2.33. The van der Waals surface area contributed by atoms with E-state index in [0.717, 1.165) is 33.9 Å². The summed E-state index contributed by atoms with van der Waals surface area (Å²) < 4.78 is 7.17. The average Bonchev–Trinajstić information content (AvgIpc) is 2.87. The summed E-state index contributed by atoms with van der Waals surface area (Å²) >= 11 is 0. The fourth-order valence-electron chi connectivity index (χ4n) is 2.78. The van der Waals surface area contributed by atoms with Gasteiger partial charge in [0.2, 0.25) is 0 Å². The van der Waals surface area contributed by atoms with E-state index in [1.54, 1.807) is 14.0 Å². The number of hydrogen-bond acceptors (Lipinski definition) is 3. The fraction of sp³-hybridized carbons (Fsp3) is 0.278. The smallest absolute Gasteiger partial charge is 0.140 e. The molecule has 4 nitrogen and oxygen atoms in total. The number of benzene rings is 1. The lowest BCUT2D eigenvalue weighted by atomic mass is 10.1. The monoisotopic (exact) mass is 296 g/mol. The summed E-state index contributed by atoms with van der Waals surface area (Å²) in [7, 11) is 1.66. The fourth-order valence-corrected chi connectivity index (χ4v) is 2.78. The predicted molar refractivity (Wildman–Crippen MR) is 86.4 cm³/mol. The summed E-state index contributed by atoms with van der Waals surface area (Å²) in [6, 6.07) is 12.0. The molecule has 2 heterocycles. The van der Waals surface area contributed by atoms with E-state index in [2.05, 4.69) is 0 Å². The quantitative estimate of drug-likeness (QED) is 0.803. The number of aliphatic hydroxyl groups excluding tert-OH is 1. The lowest BCUT2D eigenvalue weighted by molar-refractivity contribution is 0.192. The van der Waals surface area contributed by atoms with Gasteiger partial charge in [-0.25, -0.2) is 4.98 Å². The lowest BCUT2D eigenvalue weighted by Crippen LogP contribution is -2.02. The third kappa shape index (κ3) is 2.57. The van der Waals surface area contributed by atoms with Gasteiger partial charge in [-0.2, -0.15) is 0 Å². The van der Waals surface area contributed by atoms with Crippen molar-refractivity contribution >= 4 is 5.65 Å². The molecular formula is C18H20N2O2. The number of pyridine rings is 1. The Morgan fingerprint density at radius 3 is 2.59 bits per heavy atom. The molecule has 22 heavy (non-hydrogen) atoms. The van der Waals surface area contributed by atoms with Crippen molar-refractivity contribution in [2.75, 3.05) is 7.11 Å². The zero-order valence-corrected chi connectivity index (χ0v) is 13.1. The summed E-state index contributed by atoms with van der Waals surface area (Å²) in [6.45, 7) is 3.81. The first-order valence-electron chi connectivity index (χ1n) is 7.37. The lowest BCUT2D eigenvalue weighted by Gasteiger charge is -2.08. The van der Waals surface area contributed by atoms with Crippen LogP contribution in [0.4, 0.5) is 0 Å². The number of rotatable bonds is 4. The number of nitrogens with zero attached hydrogens (tertiary/aromatic N) is 2. The second-order valence-corrected chi connectivity index (χ2v) is 5.53. The van der Waals surface area contributed by atoms with Crippen molar-refractivity contribution < 1.29 is 9.84 Å². The second kappa shape index (κ2) is 5.81. The minimum Gasteiger partial charge on any atom is -0.497 e. The van der Waals surface area contributed by atoms with Crippen molar-refractivity contribution in [3.63, 3.8) is 0 Å². The molecule has 0 aliphatic heterocycles. The maximum Gasteiger partial charge on any atom is 0.140 e. The molecule has 3 aromatic rings. The molecule has 0 saturated carbocycles. The summed E-state index contributed by atoms with van der Waals surface area (Å²) in [5.41, 5.74) is 4.92. The van der Waals surface area contributed by atoms with Crippen LogP contribution >= 0.6 is 0 Å². The normalized spacial score (nSPS) is 12.5. The molecule has 2 aromatic heterocycles. The van der Waals surface area contributed by atoms with Gasteiger partial charge in [0.1, 0.15) is 11.4 Å². The van der Waals surface area contributed by atoms with Crippen molar-refractivity contribution in [2.24, 2.45) is 0 Å². The molecule has 1 N–H and O–H groups in total. The molecule has 0 spiro atoms. The first-order valence-corrected chi connectivity index (χ1v) is 7.37. The molecule has 0 bridgehead atoms. The van der Waals surface area contributed by atoms with Crippen LogP contribution in [0.1, 0.15) is 35.5 Å². The van der Waals surface area contributed by atoms with Crippen LogP contribution in [0, 0.1) is 6.92 Å². The first kappa shape index (κ1) is 14.6. The van der Waals surface area contributed by atoms with E-state index in [0.29, 0.717) is 6.42 Å². The van der Waals surface area contributed by atoms with Gasteiger partial charge in [0, 0.05) is 12.6 Å². The Bertz CT molecular complexity index is 789. The number of hydrogen-bond donors (Lipinski definition) is 1. The molecular weight excluding hydrogens is 276 g/mol. The topological polar surface area (TPSA) is 46.8 Å². The van der Waals surface area contributed by atoms with E-state index >= 15 is 0 Å². The zero-order chi connectivity index (χ0) is 15.7. The maximum absolute atomic E-state index is 10.2. The highest BCUT2D eigenvalue weighted by Gasteiger charge is 2.17. The van der Waals surface area contributed by atoms with Crippen LogP contribution in [0.15, 0.2) is 42.6 Å². The van der Waals surface area contributed by atoms with Crippen LogP contribution in [0.5, 0.6) is 5.75 Å². The highest BCUT2D eigenvalue weighted by atomic mass is 16.5. The Balaban J connectivity index is 2.05. The van der Waals surface area contributed by atoms with Gasteiger partial charge in [-0.15, -0.1) is 0 Å². The molecule has 114 valence electrons. The van der Waals surface area contributed by atoms with Gasteiger partial charge >= 0.3 is 0 Å². The van der Waals surface area contributed by atoms with Crippen molar-refractivity contribution in [1.82, 2.24) is 9.38 Å². The number of ether oxygens (including phenoxy) is 1. The highest BCUT2D eigenvalue weighted by Crippen LogP contribution is 2.24. The number of aryl methyl sites for hydroxylation is 1. The van der Waals surface area contributed by atoms with Crippen LogP contribution < -0.4 is 4.74 Å². The Morgan fingerprint density at radius 1 is 1.23 bits per heavy atom. The second-order valence-electron chi connectivity index (χ2n) is 5.53. The number of imidazole rings is 1. The van der Waals surface area contributed by atoms with Crippen molar-refractivity contribution in [1.29, 1.82) is 0 Å². The van der Waals surface area contributed by atoms with Crippen molar-refractivity contribution in [3.8, 4) is 5.75 Å². The molecule has 0 aliphatic rings. The van der Waals surface area contributed by atoms with Crippen molar-refractivity contribution in [3.05, 3.63) is 65.1 Å².